The van der Waals surface area contributed by atoms with Gasteiger partial charge in [0.15, 0.2) is 0 Å². The Balaban J connectivity index is 1.64. The minimum atomic E-state index is -4.45. The fourth-order valence-electron chi connectivity index (χ4n) is 6.04. The Hall–Kier alpha value is -3.14. The Morgan fingerprint density at radius 1 is 1.11 bits per heavy atom. The Morgan fingerprint density at radius 2 is 1.76 bits per heavy atom. The Morgan fingerprint density at radius 3 is 2.35 bits per heavy atom. The lowest BCUT2D eigenvalue weighted by Gasteiger charge is -2.52. The average molecular weight is 521 g/mol. The molecule has 1 aliphatic carbocycles. The van der Waals surface area contributed by atoms with Crippen LogP contribution in [0, 0.1) is 11.3 Å². The van der Waals surface area contributed by atoms with Crippen LogP contribution in [0.5, 0.6) is 0 Å². The first-order chi connectivity index (χ1) is 17.3. The molecule has 2 unspecified atom stereocenters. The van der Waals surface area contributed by atoms with E-state index in [2.05, 4.69) is 0 Å². The number of rotatable bonds is 6. The molecule has 200 valence electrons. The summed E-state index contributed by atoms with van der Waals surface area (Å²) in [5.41, 5.74) is -1.92. The summed E-state index contributed by atoms with van der Waals surface area (Å²) in [6.45, 7) is 1.26. The number of hydrogen-bond donors (Lipinski definition) is 2. The predicted octanol–water partition coefficient (Wildman–Crippen LogP) is 4.33. The Labute approximate surface area is 212 Å². The summed E-state index contributed by atoms with van der Waals surface area (Å²) in [7, 11) is 0. The second-order valence-corrected chi connectivity index (χ2v) is 10.5. The number of amides is 1. The molecule has 2 heterocycles. The van der Waals surface area contributed by atoms with Gasteiger partial charge >= 0.3 is 12.1 Å². The highest BCUT2D eigenvalue weighted by Gasteiger charge is 2.56. The molecule has 7 nitrogen and oxygen atoms in total. The molecule has 0 radical (unpaired) electrons. The zero-order valence-corrected chi connectivity index (χ0v) is 20.6. The lowest BCUT2D eigenvalue weighted by Crippen LogP contribution is -2.62. The molecule has 1 saturated carbocycles. The van der Waals surface area contributed by atoms with Crippen molar-refractivity contribution in [3.05, 3.63) is 58.5 Å². The van der Waals surface area contributed by atoms with Crippen molar-refractivity contribution in [3.8, 4) is 11.1 Å². The normalized spacial score (nSPS) is 22.2. The Kier molecular flexibility index (Phi) is 7.25. The summed E-state index contributed by atoms with van der Waals surface area (Å²) in [6, 6.07) is 9.93. The van der Waals surface area contributed by atoms with Crippen LogP contribution in [0.4, 0.5) is 13.2 Å². The number of carboxylic acid groups (broad SMARTS) is 1. The molecule has 0 bridgehead atoms. The number of carboxylic acids is 1. The van der Waals surface area contributed by atoms with Crippen molar-refractivity contribution in [1.82, 2.24) is 9.47 Å². The topological polar surface area (TPSA) is 99.8 Å². The van der Waals surface area contributed by atoms with E-state index in [0.717, 1.165) is 12.8 Å². The van der Waals surface area contributed by atoms with E-state index in [1.807, 2.05) is 0 Å². The Bertz CT molecular complexity index is 1220. The molecule has 10 heteroatoms. The standard InChI is InChI=1S/C27H31F3N2O5/c1-18(14-27(28,29)30)23(34)31-12-11-26(37,25(16-31)9-5-6-10-25)17-32-15-21(24(35)36)20(13-22(32)33)19-7-3-2-4-8-19/h2-4,7-8,13,15,18,37H,5-6,9-12,14,16-17H2,1H3,(H,35,36). The highest BCUT2D eigenvalue weighted by atomic mass is 19.4. The van der Waals surface area contributed by atoms with E-state index < -0.39 is 47.0 Å². The third kappa shape index (κ3) is 5.44. The number of aromatic nitrogens is 1. The second kappa shape index (κ2) is 9.96. The zero-order valence-electron chi connectivity index (χ0n) is 20.6. The molecule has 1 aromatic carbocycles. The minimum absolute atomic E-state index is 0.0575. The number of benzene rings is 1. The number of piperidine rings is 1. The van der Waals surface area contributed by atoms with Gasteiger partial charge in [-0.15, -0.1) is 0 Å². The summed E-state index contributed by atoms with van der Waals surface area (Å²) in [4.78, 5) is 39.4. The van der Waals surface area contributed by atoms with Crippen LogP contribution in [0.25, 0.3) is 11.1 Å². The molecule has 2 aromatic rings. The highest BCUT2D eigenvalue weighted by molar-refractivity contribution is 5.95. The molecule has 2 N–H and O–H groups in total. The van der Waals surface area contributed by atoms with Gasteiger partial charge in [-0.05, 0) is 24.8 Å². The van der Waals surface area contributed by atoms with E-state index in [1.165, 1.54) is 28.7 Å². The van der Waals surface area contributed by atoms with Gasteiger partial charge in [0, 0.05) is 42.2 Å². The van der Waals surface area contributed by atoms with E-state index in [0.29, 0.717) is 18.4 Å². The van der Waals surface area contributed by atoms with Crippen LogP contribution >= 0.6 is 0 Å². The van der Waals surface area contributed by atoms with E-state index >= 15 is 0 Å². The van der Waals surface area contributed by atoms with Gasteiger partial charge in [0.1, 0.15) is 0 Å². The van der Waals surface area contributed by atoms with Crippen molar-refractivity contribution in [3.63, 3.8) is 0 Å². The molecule has 2 atom stereocenters. The maximum atomic E-state index is 13.1. The molecule has 1 amide bonds. The van der Waals surface area contributed by atoms with Gasteiger partial charge in [-0.25, -0.2) is 4.79 Å². The van der Waals surface area contributed by atoms with Crippen molar-refractivity contribution < 1.29 is 33.0 Å². The summed E-state index contributed by atoms with van der Waals surface area (Å²) in [6.07, 6.45) is -1.65. The molecule has 1 spiro atoms. The van der Waals surface area contributed by atoms with Crippen LogP contribution in [-0.2, 0) is 11.3 Å². The van der Waals surface area contributed by atoms with Gasteiger partial charge in [0.25, 0.3) is 5.56 Å². The van der Waals surface area contributed by atoms with E-state index in [-0.39, 0.29) is 37.2 Å². The number of halogens is 3. The number of carbonyl (C=O) groups is 2. The van der Waals surface area contributed by atoms with Gasteiger partial charge < -0.3 is 19.7 Å². The summed E-state index contributed by atoms with van der Waals surface area (Å²) >= 11 is 0. The first-order valence-electron chi connectivity index (χ1n) is 12.5. The fourth-order valence-corrected chi connectivity index (χ4v) is 6.04. The predicted molar refractivity (Wildman–Crippen MR) is 130 cm³/mol. The van der Waals surface area contributed by atoms with E-state index in [1.54, 1.807) is 30.3 Å². The van der Waals surface area contributed by atoms with Crippen LogP contribution in [-0.4, -0.2) is 56.4 Å². The molecule has 1 aliphatic heterocycles. The largest absolute Gasteiger partial charge is 0.478 e. The monoisotopic (exact) mass is 520 g/mol. The number of hydrogen-bond acceptors (Lipinski definition) is 4. The van der Waals surface area contributed by atoms with Gasteiger partial charge in [-0.3, -0.25) is 9.59 Å². The molecule has 2 aliphatic rings. The number of nitrogens with zero attached hydrogens (tertiary/aromatic N) is 2. The van der Waals surface area contributed by atoms with Crippen LogP contribution in [0.3, 0.4) is 0 Å². The smallest absolute Gasteiger partial charge is 0.389 e. The van der Waals surface area contributed by atoms with Crippen LogP contribution in [0.2, 0.25) is 0 Å². The van der Waals surface area contributed by atoms with Crippen molar-refractivity contribution in [2.24, 2.45) is 11.3 Å². The number of pyridine rings is 1. The number of likely N-dealkylation sites (tertiary alicyclic amines) is 1. The van der Waals surface area contributed by atoms with Crippen LogP contribution in [0.1, 0.15) is 55.8 Å². The van der Waals surface area contributed by atoms with Gasteiger partial charge in [-0.1, -0.05) is 50.1 Å². The van der Waals surface area contributed by atoms with Crippen LogP contribution in [0.15, 0.2) is 47.4 Å². The van der Waals surface area contributed by atoms with Crippen molar-refractivity contribution in [1.29, 1.82) is 0 Å². The number of alkyl halides is 3. The van der Waals surface area contributed by atoms with Crippen molar-refractivity contribution in [2.75, 3.05) is 13.1 Å². The number of carbonyl (C=O) groups excluding carboxylic acids is 1. The zero-order chi connectivity index (χ0) is 27.0. The van der Waals surface area contributed by atoms with Gasteiger partial charge in [0.2, 0.25) is 5.91 Å². The molecular formula is C27H31F3N2O5. The second-order valence-electron chi connectivity index (χ2n) is 10.5. The third-order valence-electron chi connectivity index (χ3n) is 7.98. The summed E-state index contributed by atoms with van der Waals surface area (Å²) in [5, 5.41) is 21.8. The number of aliphatic hydroxyl groups is 1. The minimum Gasteiger partial charge on any atom is -0.478 e. The molecule has 1 saturated heterocycles. The lowest BCUT2D eigenvalue weighted by molar-refractivity contribution is -0.172. The quantitative estimate of drug-likeness (QED) is 0.591. The molecule has 37 heavy (non-hydrogen) atoms. The lowest BCUT2D eigenvalue weighted by atomic mass is 9.65. The van der Waals surface area contributed by atoms with Crippen molar-refractivity contribution in [2.45, 2.75) is 63.8 Å². The van der Waals surface area contributed by atoms with Crippen molar-refractivity contribution >= 4 is 11.9 Å². The first-order valence-corrected chi connectivity index (χ1v) is 12.5. The van der Waals surface area contributed by atoms with E-state index in [4.69, 9.17) is 0 Å². The fraction of sp³-hybridized carbons (Fsp3) is 0.519. The van der Waals surface area contributed by atoms with Gasteiger partial charge in [0.05, 0.1) is 24.1 Å². The molecule has 1 aromatic heterocycles. The van der Waals surface area contributed by atoms with Gasteiger partial charge in [-0.2, -0.15) is 13.2 Å². The third-order valence-corrected chi connectivity index (χ3v) is 7.98. The molecular weight excluding hydrogens is 489 g/mol. The van der Waals surface area contributed by atoms with E-state index in [9.17, 15) is 37.8 Å². The average Bonchev–Trinajstić information content (AvgIpc) is 3.31. The summed E-state index contributed by atoms with van der Waals surface area (Å²) < 4.78 is 39.8. The first kappa shape index (κ1) is 26.9. The molecule has 2 fully saturated rings. The number of aromatic carboxylic acids is 1. The maximum Gasteiger partial charge on any atom is 0.389 e. The summed E-state index contributed by atoms with van der Waals surface area (Å²) in [5.74, 6) is -3.03. The molecule has 4 rings (SSSR count). The highest BCUT2D eigenvalue weighted by Crippen LogP contribution is 2.52. The SMILES string of the molecule is CC(CC(F)(F)F)C(=O)N1CCC(O)(Cn2cc(C(=O)O)c(-c3ccccc3)cc2=O)C2(CCCC2)C1. The maximum absolute atomic E-state index is 13.1. The van der Waals surface area contributed by atoms with Crippen LogP contribution < -0.4 is 5.56 Å².